The smallest absolute Gasteiger partial charge is 0.330 e. The SMILES string of the molecule is CCOC(=O)[C@@H]1N(Cc2ccc3c(c2)OCO3)C(=O)C[C@]12C(=O)N(Cc1ccccc1)c1ccccc12. The maximum absolute atomic E-state index is 14.3. The third-order valence-electron chi connectivity index (χ3n) is 7.31. The molecule has 0 saturated carbocycles. The number of hydrogen-bond donors (Lipinski definition) is 0. The lowest BCUT2D eigenvalue weighted by molar-refractivity contribution is -0.154. The maximum Gasteiger partial charge on any atom is 0.330 e. The van der Waals surface area contributed by atoms with E-state index in [9.17, 15) is 14.4 Å². The van der Waals surface area contributed by atoms with Crippen LogP contribution in [0.1, 0.15) is 30.0 Å². The van der Waals surface area contributed by atoms with E-state index in [0.29, 0.717) is 29.3 Å². The van der Waals surface area contributed by atoms with Crippen molar-refractivity contribution >= 4 is 23.5 Å². The summed E-state index contributed by atoms with van der Waals surface area (Å²) in [6, 6.07) is 21.4. The quantitative estimate of drug-likeness (QED) is 0.483. The highest BCUT2D eigenvalue weighted by Gasteiger charge is 2.66. The Balaban J connectivity index is 1.42. The molecular formula is C29H26N2O6. The molecule has 3 aliphatic rings. The first-order valence-corrected chi connectivity index (χ1v) is 12.3. The van der Waals surface area contributed by atoms with Crippen molar-refractivity contribution in [2.75, 3.05) is 18.3 Å². The lowest BCUT2D eigenvalue weighted by Gasteiger charge is -2.32. The van der Waals surface area contributed by atoms with Crippen molar-refractivity contribution in [3.8, 4) is 11.5 Å². The monoisotopic (exact) mass is 498 g/mol. The van der Waals surface area contributed by atoms with Gasteiger partial charge < -0.3 is 24.0 Å². The molecule has 2 atom stereocenters. The van der Waals surface area contributed by atoms with Gasteiger partial charge >= 0.3 is 5.97 Å². The molecule has 0 radical (unpaired) electrons. The lowest BCUT2D eigenvalue weighted by Crippen LogP contribution is -2.54. The average molecular weight is 499 g/mol. The van der Waals surface area contributed by atoms with Gasteiger partial charge in [0.05, 0.1) is 13.2 Å². The molecule has 3 aromatic carbocycles. The summed E-state index contributed by atoms with van der Waals surface area (Å²) in [5.41, 5.74) is 1.74. The van der Waals surface area contributed by atoms with Crippen molar-refractivity contribution in [3.63, 3.8) is 0 Å². The number of anilines is 1. The fourth-order valence-corrected chi connectivity index (χ4v) is 5.72. The topological polar surface area (TPSA) is 85.4 Å². The zero-order chi connectivity index (χ0) is 25.6. The molecule has 6 rings (SSSR count). The number of hydrogen-bond acceptors (Lipinski definition) is 6. The Kier molecular flexibility index (Phi) is 5.59. The van der Waals surface area contributed by atoms with E-state index >= 15 is 0 Å². The van der Waals surface area contributed by atoms with Gasteiger partial charge in [0.15, 0.2) is 11.5 Å². The number of amides is 2. The van der Waals surface area contributed by atoms with Gasteiger partial charge in [0.2, 0.25) is 18.6 Å². The summed E-state index contributed by atoms with van der Waals surface area (Å²) in [6.45, 7) is 2.47. The number of para-hydroxylation sites is 1. The van der Waals surface area contributed by atoms with E-state index in [2.05, 4.69) is 0 Å². The minimum Gasteiger partial charge on any atom is -0.464 e. The Morgan fingerprint density at radius 1 is 0.946 bits per heavy atom. The van der Waals surface area contributed by atoms with Gasteiger partial charge in [0.25, 0.3) is 0 Å². The molecule has 3 aromatic rings. The highest BCUT2D eigenvalue weighted by Crippen LogP contribution is 2.52. The summed E-state index contributed by atoms with van der Waals surface area (Å²) in [7, 11) is 0. The van der Waals surface area contributed by atoms with E-state index in [0.717, 1.165) is 11.1 Å². The third kappa shape index (κ3) is 3.63. The lowest BCUT2D eigenvalue weighted by atomic mass is 9.74. The second-order valence-corrected chi connectivity index (χ2v) is 9.41. The van der Waals surface area contributed by atoms with Crippen LogP contribution >= 0.6 is 0 Å². The number of fused-ring (bicyclic) bond motifs is 3. The molecule has 3 aliphatic heterocycles. The number of ether oxygens (including phenoxy) is 3. The van der Waals surface area contributed by atoms with Gasteiger partial charge in [-0.2, -0.15) is 0 Å². The standard InChI is InChI=1S/C29H26N2O6/c1-2-35-27(33)26-29(15-25(32)31(26)17-20-12-13-23-24(14-20)37-18-36-23)21-10-6-7-11-22(21)30(28(29)34)16-19-8-4-3-5-9-19/h3-14,26H,2,15-18H2,1H3/t26-,29+/m0/s1. The van der Waals surface area contributed by atoms with Gasteiger partial charge in [0, 0.05) is 18.7 Å². The third-order valence-corrected chi connectivity index (χ3v) is 7.31. The molecule has 1 spiro atoms. The van der Waals surface area contributed by atoms with Gasteiger partial charge in [-0.25, -0.2) is 4.79 Å². The summed E-state index contributed by atoms with van der Waals surface area (Å²) < 4.78 is 16.4. The van der Waals surface area contributed by atoms with Crippen LogP contribution in [0.5, 0.6) is 11.5 Å². The molecule has 0 aliphatic carbocycles. The first kappa shape index (κ1) is 23.1. The van der Waals surface area contributed by atoms with Crippen LogP contribution < -0.4 is 14.4 Å². The highest BCUT2D eigenvalue weighted by molar-refractivity contribution is 6.15. The van der Waals surface area contributed by atoms with E-state index in [1.165, 1.54) is 4.90 Å². The summed E-state index contributed by atoms with van der Waals surface area (Å²) >= 11 is 0. The van der Waals surface area contributed by atoms with E-state index in [1.54, 1.807) is 24.0 Å². The van der Waals surface area contributed by atoms with Crippen LogP contribution in [0.2, 0.25) is 0 Å². The first-order valence-electron chi connectivity index (χ1n) is 12.3. The number of rotatable bonds is 6. The van der Waals surface area contributed by atoms with Crippen LogP contribution in [-0.2, 0) is 37.6 Å². The van der Waals surface area contributed by atoms with Crippen LogP contribution in [0.15, 0.2) is 72.8 Å². The zero-order valence-electron chi connectivity index (χ0n) is 20.4. The molecule has 2 amide bonds. The molecule has 8 heteroatoms. The Labute approximate surface area is 214 Å². The van der Waals surface area contributed by atoms with E-state index in [4.69, 9.17) is 14.2 Å². The molecule has 1 fully saturated rings. The van der Waals surface area contributed by atoms with Crippen LogP contribution in [-0.4, -0.2) is 42.1 Å². The van der Waals surface area contributed by atoms with Crippen molar-refractivity contribution in [1.29, 1.82) is 0 Å². The zero-order valence-corrected chi connectivity index (χ0v) is 20.4. The average Bonchev–Trinajstić information content (AvgIpc) is 3.56. The number of nitrogens with zero attached hydrogens (tertiary/aromatic N) is 2. The molecule has 0 aromatic heterocycles. The van der Waals surface area contributed by atoms with Gasteiger partial charge in [-0.3, -0.25) is 9.59 Å². The number of likely N-dealkylation sites (tertiary alicyclic amines) is 1. The summed E-state index contributed by atoms with van der Waals surface area (Å²) in [6.07, 6.45) is -0.109. The molecule has 8 nitrogen and oxygen atoms in total. The minimum absolute atomic E-state index is 0.109. The van der Waals surface area contributed by atoms with E-state index < -0.39 is 17.4 Å². The molecule has 3 heterocycles. The summed E-state index contributed by atoms with van der Waals surface area (Å²) in [5, 5.41) is 0. The number of carbonyl (C=O) groups is 3. The summed E-state index contributed by atoms with van der Waals surface area (Å²) in [4.78, 5) is 44.6. The van der Waals surface area contributed by atoms with Crippen molar-refractivity contribution in [2.24, 2.45) is 0 Å². The molecule has 0 bridgehead atoms. The predicted octanol–water partition coefficient (Wildman–Crippen LogP) is 3.56. The van der Waals surface area contributed by atoms with Crippen LogP contribution in [0.4, 0.5) is 5.69 Å². The fourth-order valence-electron chi connectivity index (χ4n) is 5.72. The molecule has 0 N–H and O–H groups in total. The second-order valence-electron chi connectivity index (χ2n) is 9.41. The minimum atomic E-state index is -1.37. The van der Waals surface area contributed by atoms with Gasteiger partial charge in [-0.05, 0) is 41.8 Å². The first-order chi connectivity index (χ1) is 18.0. The normalized spacial score (nSPS) is 21.6. The highest BCUT2D eigenvalue weighted by atomic mass is 16.7. The van der Waals surface area contributed by atoms with Crippen molar-refractivity contribution < 1.29 is 28.6 Å². The van der Waals surface area contributed by atoms with E-state index in [-0.39, 0.29) is 38.2 Å². The van der Waals surface area contributed by atoms with Gasteiger partial charge in [-0.15, -0.1) is 0 Å². The molecule has 37 heavy (non-hydrogen) atoms. The van der Waals surface area contributed by atoms with Crippen molar-refractivity contribution in [3.05, 3.63) is 89.5 Å². The number of carbonyl (C=O) groups excluding carboxylic acids is 3. The van der Waals surface area contributed by atoms with Crippen LogP contribution in [0.3, 0.4) is 0 Å². The molecule has 1 saturated heterocycles. The van der Waals surface area contributed by atoms with Crippen molar-refractivity contribution in [1.82, 2.24) is 4.90 Å². The predicted molar refractivity (Wildman–Crippen MR) is 134 cm³/mol. The van der Waals surface area contributed by atoms with Crippen LogP contribution in [0.25, 0.3) is 0 Å². The number of benzene rings is 3. The Hall–Kier alpha value is -4.33. The Morgan fingerprint density at radius 3 is 2.51 bits per heavy atom. The fraction of sp³-hybridized carbons (Fsp3) is 0.276. The van der Waals surface area contributed by atoms with Crippen LogP contribution in [0, 0.1) is 0 Å². The maximum atomic E-state index is 14.3. The largest absolute Gasteiger partial charge is 0.464 e. The van der Waals surface area contributed by atoms with E-state index in [1.807, 2.05) is 60.7 Å². The molecular weight excluding hydrogens is 472 g/mol. The number of esters is 1. The Bertz CT molecular complexity index is 1390. The molecule has 188 valence electrons. The van der Waals surface area contributed by atoms with Gasteiger partial charge in [0.1, 0.15) is 11.5 Å². The Morgan fingerprint density at radius 2 is 1.70 bits per heavy atom. The second kappa shape index (κ2) is 8.96. The molecule has 0 unspecified atom stereocenters. The van der Waals surface area contributed by atoms with Gasteiger partial charge in [-0.1, -0.05) is 54.6 Å². The summed E-state index contributed by atoms with van der Waals surface area (Å²) in [5.74, 6) is 0.0885. The van der Waals surface area contributed by atoms with Crippen molar-refractivity contribution in [2.45, 2.75) is 37.9 Å².